The first-order chi connectivity index (χ1) is 14.6. The Kier molecular flexibility index (Phi) is 6.38. The minimum Gasteiger partial charge on any atom is -0.466 e. The molecule has 2 heterocycles. The largest absolute Gasteiger partial charge is 0.466 e. The van der Waals surface area contributed by atoms with Crippen LogP contribution in [-0.2, 0) is 16.0 Å². The lowest BCUT2D eigenvalue weighted by Crippen LogP contribution is -2.35. The summed E-state index contributed by atoms with van der Waals surface area (Å²) in [4.78, 5) is 24.2. The van der Waals surface area contributed by atoms with E-state index in [2.05, 4.69) is 22.9 Å². The number of nitrogens with one attached hydrogen (secondary N) is 3. The van der Waals surface area contributed by atoms with E-state index in [1.54, 1.807) is 24.3 Å². The van der Waals surface area contributed by atoms with E-state index in [-0.39, 0.29) is 18.0 Å². The Morgan fingerprint density at radius 2 is 1.80 bits per heavy atom. The van der Waals surface area contributed by atoms with Crippen LogP contribution >= 0.6 is 0 Å². The number of anilines is 2. The van der Waals surface area contributed by atoms with E-state index in [4.69, 9.17) is 9.15 Å². The van der Waals surface area contributed by atoms with Gasteiger partial charge in [0.25, 0.3) is 0 Å². The van der Waals surface area contributed by atoms with Crippen LogP contribution in [0, 0.1) is 5.92 Å². The van der Waals surface area contributed by atoms with Gasteiger partial charge >= 0.3 is 6.03 Å². The Morgan fingerprint density at radius 3 is 2.47 bits per heavy atom. The first-order valence-electron chi connectivity index (χ1n) is 10.7. The molecule has 3 N–H and O–H groups in total. The molecular formula is C23H29N3O4. The summed E-state index contributed by atoms with van der Waals surface area (Å²) in [5.41, 5.74) is 1.35. The average Bonchev–Trinajstić information content (AvgIpc) is 3.15. The molecule has 160 valence electrons. The van der Waals surface area contributed by atoms with Crippen LogP contribution in [0.15, 0.2) is 40.8 Å². The summed E-state index contributed by atoms with van der Waals surface area (Å²) in [6.45, 7) is 3.50. The fourth-order valence-electron chi connectivity index (χ4n) is 3.73. The molecule has 1 saturated heterocycles. The van der Waals surface area contributed by atoms with Gasteiger partial charge in [0, 0.05) is 43.3 Å². The number of ether oxygens (including phenoxy) is 1. The van der Waals surface area contributed by atoms with Crippen LogP contribution in [0.1, 0.15) is 50.0 Å². The van der Waals surface area contributed by atoms with Crippen LogP contribution < -0.4 is 16.0 Å². The van der Waals surface area contributed by atoms with E-state index in [1.165, 1.54) is 6.42 Å². The zero-order chi connectivity index (χ0) is 20.9. The maximum atomic E-state index is 12.2. The Balaban J connectivity index is 1.17. The second kappa shape index (κ2) is 9.34. The smallest absolute Gasteiger partial charge is 0.319 e. The fourth-order valence-corrected chi connectivity index (χ4v) is 3.73. The summed E-state index contributed by atoms with van der Waals surface area (Å²) in [6, 6.07) is 10.8. The first kappa shape index (κ1) is 20.5. The monoisotopic (exact) mass is 411 g/mol. The Hall–Kier alpha value is -2.80. The zero-order valence-corrected chi connectivity index (χ0v) is 17.3. The molecule has 3 unspecified atom stereocenters. The van der Waals surface area contributed by atoms with Gasteiger partial charge in [-0.2, -0.15) is 0 Å². The van der Waals surface area contributed by atoms with Crippen molar-refractivity contribution in [3.63, 3.8) is 0 Å². The zero-order valence-electron chi connectivity index (χ0n) is 17.3. The second-order valence-corrected chi connectivity index (χ2v) is 8.22. The molecule has 1 aliphatic carbocycles. The standard InChI is InChI=1S/C23H29N3O4/c1-15-13-20(15)21-10-8-18(30-21)9-11-22(27)25-16-4-6-17(7-5-16)26-23(28)24-14-19-3-2-12-29-19/h4-8,10,15,19-20H,2-3,9,11-14H2,1H3,(H,25,27)(H2,24,26,28). The molecule has 1 aliphatic heterocycles. The molecule has 1 aromatic carbocycles. The van der Waals surface area contributed by atoms with Crippen molar-refractivity contribution >= 4 is 23.3 Å². The van der Waals surface area contributed by atoms with Gasteiger partial charge in [0.1, 0.15) is 11.5 Å². The Morgan fingerprint density at radius 1 is 1.07 bits per heavy atom. The molecule has 7 nitrogen and oxygen atoms in total. The predicted molar refractivity (Wildman–Crippen MR) is 115 cm³/mol. The quantitative estimate of drug-likeness (QED) is 0.605. The van der Waals surface area contributed by atoms with E-state index in [0.29, 0.717) is 42.6 Å². The predicted octanol–water partition coefficient (Wildman–Crippen LogP) is 4.27. The Labute approximate surface area is 176 Å². The number of carbonyl (C=O) groups is 2. The number of aryl methyl sites for hydroxylation is 1. The van der Waals surface area contributed by atoms with Gasteiger partial charge in [0.15, 0.2) is 0 Å². The average molecular weight is 412 g/mol. The van der Waals surface area contributed by atoms with E-state index >= 15 is 0 Å². The molecule has 2 aromatic rings. The van der Waals surface area contributed by atoms with Crippen molar-refractivity contribution < 1.29 is 18.7 Å². The summed E-state index contributed by atoms with van der Waals surface area (Å²) in [5.74, 6) is 3.09. The van der Waals surface area contributed by atoms with E-state index in [1.807, 2.05) is 12.1 Å². The number of rotatable bonds is 8. The SMILES string of the molecule is CC1CC1c1ccc(CCC(=O)Nc2ccc(NC(=O)NCC3CCCO3)cc2)o1. The summed E-state index contributed by atoms with van der Waals surface area (Å²) in [7, 11) is 0. The van der Waals surface area contributed by atoms with Crippen LogP contribution in [0.5, 0.6) is 0 Å². The van der Waals surface area contributed by atoms with Crippen molar-refractivity contribution in [2.75, 3.05) is 23.8 Å². The van der Waals surface area contributed by atoms with Crippen LogP contribution in [0.4, 0.5) is 16.2 Å². The molecule has 2 aliphatic rings. The van der Waals surface area contributed by atoms with Crippen molar-refractivity contribution in [1.29, 1.82) is 0 Å². The highest BCUT2D eigenvalue weighted by molar-refractivity contribution is 5.92. The van der Waals surface area contributed by atoms with Crippen molar-refractivity contribution in [3.8, 4) is 0 Å². The highest BCUT2D eigenvalue weighted by atomic mass is 16.5. The van der Waals surface area contributed by atoms with Gasteiger partial charge in [-0.15, -0.1) is 0 Å². The molecule has 7 heteroatoms. The summed E-state index contributed by atoms with van der Waals surface area (Å²) in [5, 5.41) is 8.47. The van der Waals surface area contributed by atoms with E-state index in [9.17, 15) is 9.59 Å². The molecule has 30 heavy (non-hydrogen) atoms. The van der Waals surface area contributed by atoms with Crippen LogP contribution in [0.3, 0.4) is 0 Å². The molecule has 4 rings (SSSR count). The number of urea groups is 1. The van der Waals surface area contributed by atoms with Gasteiger partial charge in [-0.25, -0.2) is 4.79 Å². The number of amides is 3. The van der Waals surface area contributed by atoms with Crippen molar-refractivity contribution in [1.82, 2.24) is 5.32 Å². The van der Waals surface area contributed by atoms with Crippen LogP contribution in [-0.4, -0.2) is 31.2 Å². The lowest BCUT2D eigenvalue weighted by Gasteiger charge is -2.12. The van der Waals surface area contributed by atoms with Gasteiger partial charge in [0.05, 0.1) is 6.10 Å². The number of hydrogen-bond acceptors (Lipinski definition) is 4. The lowest BCUT2D eigenvalue weighted by molar-refractivity contribution is -0.116. The molecule has 1 saturated carbocycles. The van der Waals surface area contributed by atoms with Gasteiger partial charge in [-0.1, -0.05) is 6.92 Å². The molecule has 3 atom stereocenters. The number of furan rings is 1. The number of benzene rings is 1. The summed E-state index contributed by atoms with van der Waals surface area (Å²) in [6.07, 6.45) is 4.27. The number of carbonyl (C=O) groups excluding carboxylic acids is 2. The molecule has 0 spiro atoms. The molecule has 2 fully saturated rings. The summed E-state index contributed by atoms with van der Waals surface area (Å²) < 4.78 is 11.3. The maximum absolute atomic E-state index is 12.2. The lowest BCUT2D eigenvalue weighted by atomic mass is 10.2. The van der Waals surface area contributed by atoms with Crippen molar-refractivity contribution in [2.45, 2.75) is 51.0 Å². The van der Waals surface area contributed by atoms with E-state index < -0.39 is 0 Å². The molecule has 3 amide bonds. The third-order valence-electron chi connectivity index (χ3n) is 5.70. The highest BCUT2D eigenvalue weighted by Gasteiger charge is 2.36. The second-order valence-electron chi connectivity index (χ2n) is 8.22. The molecule has 0 bridgehead atoms. The fraction of sp³-hybridized carbons (Fsp3) is 0.478. The van der Waals surface area contributed by atoms with Crippen molar-refractivity contribution in [3.05, 3.63) is 47.9 Å². The molecular weight excluding hydrogens is 382 g/mol. The number of hydrogen-bond donors (Lipinski definition) is 3. The third-order valence-corrected chi connectivity index (χ3v) is 5.70. The molecule has 1 aromatic heterocycles. The van der Waals surface area contributed by atoms with Crippen LogP contribution in [0.2, 0.25) is 0 Å². The third kappa shape index (κ3) is 5.63. The van der Waals surface area contributed by atoms with Gasteiger partial charge < -0.3 is 25.1 Å². The topological polar surface area (TPSA) is 92.6 Å². The van der Waals surface area contributed by atoms with Gasteiger partial charge in [-0.3, -0.25) is 4.79 Å². The minimum atomic E-state index is -0.263. The van der Waals surface area contributed by atoms with Crippen LogP contribution in [0.25, 0.3) is 0 Å². The first-order valence-corrected chi connectivity index (χ1v) is 10.7. The minimum absolute atomic E-state index is 0.0669. The Bertz CT molecular complexity index is 871. The summed E-state index contributed by atoms with van der Waals surface area (Å²) >= 11 is 0. The molecule has 0 radical (unpaired) electrons. The maximum Gasteiger partial charge on any atom is 0.319 e. The normalized spacial score (nSPS) is 22.5. The van der Waals surface area contributed by atoms with Gasteiger partial charge in [-0.05, 0) is 61.6 Å². The van der Waals surface area contributed by atoms with Crippen molar-refractivity contribution in [2.24, 2.45) is 5.92 Å². The van der Waals surface area contributed by atoms with E-state index in [0.717, 1.165) is 31.0 Å². The highest BCUT2D eigenvalue weighted by Crippen LogP contribution is 2.47. The van der Waals surface area contributed by atoms with Gasteiger partial charge in [0.2, 0.25) is 5.91 Å².